The molecule has 3 aromatic carbocycles. The van der Waals surface area contributed by atoms with Crippen molar-refractivity contribution in [3.8, 4) is 0 Å². The Hall–Kier alpha value is -3.58. The monoisotopic (exact) mass is 463 g/mol. The predicted octanol–water partition coefficient (Wildman–Crippen LogP) is 4.02. The molecular weight excluding hydrogens is 450 g/mol. The molecule has 0 atom stereocenters. The Morgan fingerprint density at radius 1 is 0.800 bits per heavy atom. The Labute approximate surface area is 180 Å². The summed E-state index contributed by atoms with van der Waals surface area (Å²) < 4.78 is 5.79. The maximum Gasteiger partial charge on any atom is 0.339 e. The van der Waals surface area contributed by atoms with Gasteiger partial charge in [0.1, 0.15) is 0 Å². The van der Waals surface area contributed by atoms with Crippen molar-refractivity contribution in [3.05, 3.63) is 99.0 Å². The van der Waals surface area contributed by atoms with Crippen LogP contribution >= 0.6 is 15.9 Å². The molecule has 1 aliphatic carbocycles. The van der Waals surface area contributed by atoms with E-state index in [0.29, 0.717) is 15.7 Å². The number of para-hydroxylation sites is 1. The Kier molecular flexibility index (Phi) is 5.29. The molecule has 0 aromatic heterocycles. The van der Waals surface area contributed by atoms with Gasteiger partial charge in [0.25, 0.3) is 5.91 Å². The van der Waals surface area contributed by atoms with Crippen LogP contribution in [0.15, 0.2) is 71.2 Å². The topological polar surface area (TPSA) is 89.5 Å². The smallest absolute Gasteiger partial charge is 0.339 e. The van der Waals surface area contributed by atoms with E-state index in [1.807, 2.05) is 0 Å². The number of hydrogen-bond donors (Lipinski definition) is 1. The zero-order valence-corrected chi connectivity index (χ0v) is 17.1. The first-order chi connectivity index (χ1) is 14.5. The lowest BCUT2D eigenvalue weighted by Crippen LogP contribution is -2.26. The van der Waals surface area contributed by atoms with Crippen LogP contribution in [0.25, 0.3) is 0 Å². The van der Waals surface area contributed by atoms with Crippen molar-refractivity contribution in [2.24, 2.45) is 0 Å². The van der Waals surface area contributed by atoms with Crippen LogP contribution in [0.5, 0.6) is 0 Å². The SMILES string of the molecule is O=C(COC(=O)c1cccc2c1C(=O)c1ccccc1C2=O)Nc1ccccc1Br. The molecule has 30 heavy (non-hydrogen) atoms. The number of benzene rings is 3. The quantitative estimate of drug-likeness (QED) is 0.461. The number of halogens is 1. The van der Waals surface area contributed by atoms with E-state index < -0.39 is 24.3 Å². The first-order valence-corrected chi connectivity index (χ1v) is 9.79. The van der Waals surface area contributed by atoms with Gasteiger partial charge in [0.15, 0.2) is 18.2 Å². The van der Waals surface area contributed by atoms with Gasteiger partial charge in [-0.3, -0.25) is 14.4 Å². The van der Waals surface area contributed by atoms with Crippen LogP contribution in [0, 0.1) is 0 Å². The summed E-state index contributed by atoms with van der Waals surface area (Å²) in [5.41, 5.74) is 1.17. The first kappa shape index (κ1) is 19.7. The van der Waals surface area contributed by atoms with Crippen molar-refractivity contribution < 1.29 is 23.9 Å². The lowest BCUT2D eigenvalue weighted by Gasteiger charge is -2.19. The average molecular weight is 464 g/mol. The molecule has 0 bridgehead atoms. The molecule has 0 unspecified atom stereocenters. The van der Waals surface area contributed by atoms with Crippen LogP contribution in [-0.2, 0) is 9.53 Å². The minimum Gasteiger partial charge on any atom is -0.452 e. The van der Waals surface area contributed by atoms with Crippen molar-refractivity contribution in [3.63, 3.8) is 0 Å². The van der Waals surface area contributed by atoms with Crippen molar-refractivity contribution in [2.75, 3.05) is 11.9 Å². The van der Waals surface area contributed by atoms with Crippen LogP contribution in [-0.4, -0.2) is 30.0 Å². The number of carbonyl (C=O) groups excluding carboxylic acids is 4. The molecule has 0 heterocycles. The van der Waals surface area contributed by atoms with Crippen LogP contribution < -0.4 is 5.32 Å². The summed E-state index contributed by atoms with van der Waals surface area (Å²) in [7, 11) is 0. The highest BCUT2D eigenvalue weighted by molar-refractivity contribution is 9.10. The van der Waals surface area contributed by atoms with E-state index in [1.54, 1.807) is 48.5 Å². The van der Waals surface area contributed by atoms with Crippen molar-refractivity contribution in [1.29, 1.82) is 0 Å². The van der Waals surface area contributed by atoms with Gasteiger partial charge in [0.2, 0.25) is 0 Å². The Morgan fingerprint density at radius 2 is 1.43 bits per heavy atom. The van der Waals surface area contributed by atoms with Crippen molar-refractivity contribution >= 4 is 45.1 Å². The zero-order chi connectivity index (χ0) is 21.3. The van der Waals surface area contributed by atoms with E-state index in [0.717, 1.165) is 0 Å². The predicted molar refractivity (Wildman–Crippen MR) is 113 cm³/mol. The summed E-state index contributed by atoms with van der Waals surface area (Å²) in [5, 5.41) is 2.62. The van der Waals surface area contributed by atoms with Gasteiger partial charge < -0.3 is 10.1 Å². The van der Waals surface area contributed by atoms with E-state index in [4.69, 9.17) is 4.74 Å². The normalized spacial score (nSPS) is 12.0. The lowest BCUT2D eigenvalue weighted by atomic mass is 9.82. The number of hydrogen-bond acceptors (Lipinski definition) is 5. The Balaban J connectivity index is 1.55. The largest absolute Gasteiger partial charge is 0.452 e. The number of esters is 1. The third kappa shape index (κ3) is 3.55. The van der Waals surface area contributed by atoms with Crippen molar-refractivity contribution in [2.45, 2.75) is 0 Å². The summed E-state index contributed by atoms with van der Waals surface area (Å²) in [6.07, 6.45) is 0. The van der Waals surface area contributed by atoms with Gasteiger partial charge in [-0.25, -0.2) is 4.79 Å². The summed E-state index contributed by atoms with van der Waals surface area (Å²) >= 11 is 3.32. The van der Waals surface area contributed by atoms with Crippen LogP contribution in [0.2, 0.25) is 0 Å². The number of carbonyl (C=O) groups is 4. The van der Waals surface area contributed by atoms with E-state index in [-0.39, 0.29) is 28.0 Å². The Bertz CT molecular complexity index is 1220. The minimum absolute atomic E-state index is 0.00240. The molecule has 6 nitrogen and oxygen atoms in total. The molecule has 1 amide bonds. The first-order valence-electron chi connectivity index (χ1n) is 9.00. The fraction of sp³-hybridized carbons (Fsp3) is 0.0435. The van der Waals surface area contributed by atoms with Crippen LogP contribution in [0.1, 0.15) is 42.2 Å². The number of nitrogens with one attached hydrogen (secondary N) is 1. The van der Waals surface area contributed by atoms with Crippen LogP contribution in [0.3, 0.4) is 0 Å². The maximum absolute atomic E-state index is 13.0. The highest BCUT2D eigenvalue weighted by Crippen LogP contribution is 2.29. The minimum atomic E-state index is -0.852. The molecule has 3 aromatic rings. The highest BCUT2D eigenvalue weighted by Gasteiger charge is 2.33. The van der Waals surface area contributed by atoms with Gasteiger partial charge in [-0.2, -0.15) is 0 Å². The second-order valence-electron chi connectivity index (χ2n) is 6.54. The zero-order valence-electron chi connectivity index (χ0n) is 15.5. The molecule has 7 heteroatoms. The Morgan fingerprint density at radius 3 is 2.17 bits per heavy atom. The maximum atomic E-state index is 13.0. The molecule has 0 aliphatic heterocycles. The lowest BCUT2D eigenvalue weighted by molar-refractivity contribution is -0.119. The molecule has 1 aliphatic rings. The molecule has 0 saturated carbocycles. The molecule has 1 N–H and O–H groups in total. The summed E-state index contributed by atoms with van der Waals surface area (Å²) in [6, 6.07) is 17.9. The van der Waals surface area contributed by atoms with Crippen LogP contribution in [0.4, 0.5) is 5.69 Å². The number of amides is 1. The van der Waals surface area contributed by atoms with Gasteiger partial charge in [-0.05, 0) is 34.1 Å². The number of fused-ring (bicyclic) bond motifs is 2. The number of ether oxygens (including phenoxy) is 1. The second-order valence-corrected chi connectivity index (χ2v) is 7.39. The average Bonchev–Trinajstić information content (AvgIpc) is 2.77. The molecule has 0 radical (unpaired) electrons. The van der Waals surface area contributed by atoms with Crippen molar-refractivity contribution in [1.82, 2.24) is 0 Å². The summed E-state index contributed by atoms with van der Waals surface area (Å²) in [6.45, 7) is -0.539. The third-order valence-corrected chi connectivity index (χ3v) is 5.35. The van der Waals surface area contributed by atoms with Gasteiger partial charge >= 0.3 is 5.97 Å². The number of rotatable bonds is 4. The van der Waals surface area contributed by atoms with Gasteiger partial charge in [-0.15, -0.1) is 0 Å². The molecule has 4 rings (SSSR count). The fourth-order valence-electron chi connectivity index (χ4n) is 3.27. The molecule has 0 fully saturated rings. The van der Waals surface area contributed by atoms with Gasteiger partial charge in [0.05, 0.1) is 11.3 Å². The summed E-state index contributed by atoms with van der Waals surface area (Å²) in [4.78, 5) is 50.5. The number of ketones is 2. The number of anilines is 1. The molecular formula is C23H14BrNO5. The van der Waals surface area contributed by atoms with E-state index in [2.05, 4.69) is 21.2 Å². The molecule has 0 saturated heterocycles. The van der Waals surface area contributed by atoms with E-state index >= 15 is 0 Å². The molecule has 148 valence electrons. The van der Waals surface area contributed by atoms with Gasteiger partial charge in [-0.1, -0.05) is 48.5 Å². The fourth-order valence-corrected chi connectivity index (χ4v) is 3.66. The standard InChI is InChI=1S/C23H14BrNO5/c24-17-10-3-4-11-18(17)25-19(26)12-30-23(29)16-9-5-8-15-20(16)22(28)14-7-2-1-6-13(14)21(15)27/h1-11H,12H2,(H,25,26). The summed E-state index contributed by atoms with van der Waals surface area (Å²) in [5.74, 6) is -2.14. The highest BCUT2D eigenvalue weighted by atomic mass is 79.9. The second kappa shape index (κ2) is 8.04. The van der Waals surface area contributed by atoms with Gasteiger partial charge in [0, 0.05) is 26.7 Å². The van der Waals surface area contributed by atoms with E-state index in [9.17, 15) is 19.2 Å². The van der Waals surface area contributed by atoms with E-state index in [1.165, 1.54) is 18.2 Å². The third-order valence-electron chi connectivity index (χ3n) is 4.65. The molecule has 0 spiro atoms.